The number of hydrogen-bond acceptors (Lipinski definition) is 5. The second kappa shape index (κ2) is 5.42. The van der Waals surface area contributed by atoms with Crippen molar-refractivity contribution in [1.29, 1.82) is 0 Å². The first-order valence-corrected chi connectivity index (χ1v) is 6.65. The molecule has 2 aromatic rings. The summed E-state index contributed by atoms with van der Waals surface area (Å²) in [7, 11) is 0. The molecule has 6 nitrogen and oxygen atoms in total. The Kier molecular flexibility index (Phi) is 3.47. The van der Waals surface area contributed by atoms with Gasteiger partial charge in [-0.3, -0.25) is 4.79 Å². The Hall–Kier alpha value is -2.21. The number of nitrogens with zero attached hydrogens (tertiary/aromatic N) is 2. The van der Waals surface area contributed by atoms with Crippen LogP contribution in [0.1, 0.15) is 13.3 Å². The third-order valence-electron chi connectivity index (χ3n) is 3.55. The highest BCUT2D eigenvalue weighted by Gasteiger charge is 2.29. The van der Waals surface area contributed by atoms with E-state index < -0.39 is 0 Å². The Morgan fingerprint density at radius 2 is 2.40 bits per heavy atom. The Morgan fingerprint density at radius 1 is 1.50 bits per heavy atom. The maximum atomic E-state index is 12.2. The van der Waals surface area contributed by atoms with Crippen LogP contribution < -0.4 is 10.6 Å². The minimum Gasteiger partial charge on any atom is -0.423 e. The predicted octanol–water partition coefficient (Wildman–Crippen LogP) is 1.67. The minimum absolute atomic E-state index is 0.00215. The van der Waals surface area contributed by atoms with Gasteiger partial charge in [-0.15, -0.1) is 10.2 Å². The lowest BCUT2D eigenvalue weighted by Crippen LogP contribution is -2.39. The SMILES string of the molecule is CC1CCNC1C(=O)Nc1cccc(-c2nnco2)c1. The predicted molar refractivity (Wildman–Crippen MR) is 73.9 cm³/mol. The zero-order valence-corrected chi connectivity index (χ0v) is 11.2. The molecular weight excluding hydrogens is 256 g/mol. The summed E-state index contributed by atoms with van der Waals surface area (Å²) in [6.07, 6.45) is 2.31. The van der Waals surface area contributed by atoms with Gasteiger partial charge in [0.25, 0.3) is 0 Å². The lowest BCUT2D eigenvalue weighted by atomic mass is 10.0. The van der Waals surface area contributed by atoms with E-state index in [1.165, 1.54) is 6.39 Å². The van der Waals surface area contributed by atoms with Crippen LogP contribution in [0.2, 0.25) is 0 Å². The summed E-state index contributed by atoms with van der Waals surface area (Å²) in [5.74, 6) is 0.792. The summed E-state index contributed by atoms with van der Waals surface area (Å²) in [5.41, 5.74) is 1.51. The van der Waals surface area contributed by atoms with Crippen molar-refractivity contribution in [3.63, 3.8) is 0 Å². The summed E-state index contributed by atoms with van der Waals surface area (Å²) >= 11 is 0. The molecule has 1 amide bonds. The molecule has 1 fully saturated rings. The summed E-state index contributed by atoms with van der Waals surface area (Å²) in [4.78, 5) is 12.2. The van der Waals surface area contributed by atoms with Gasteiger partial charge in [0.15, 0.2) is 0 Å². The van der Waals surface area contributed by atoms with Gasteiger partial charge in [-0.2, -0.15) is 0 Å². The Balaban J connectivity index is 1.74. The van der Waals surface area contributed by atoms with E-state index >= 15 is 0 Å². The molecule has 2 heterocycles. The van der Waals surface area contributed by atoms with Crippen molar-refractivity contribution in [2.75, 3.05) is 11.9 Å². The van der Waals surface area contributed by atoms with Gasteiger partial charge in [0.2, 0.25) is 18.2 Å². The number of benzene rings is 1. The van der Waals surface area contributed by atoms with E-state index in [1.54, 1.807) is 0 Å². The molecule has 6 heteroatoms. The lowest BCUT2D eigenvalue weighted by Gasteiger charge is -2.15. The summed E-state index contributed by atoms with van der Waals surface area (Å²) in [6.45, 7) is 2.97. The molecular formula is C14H16N4O2. The third kappa shape index (κ3) is 2.55. The van der Waals surface area contributed by atoms with Gasteiger partial charge in [-0.1, -0.05) is 13.0 Å². The van der Waals surface area contributed by atoms with E-state index in [9.17, 15) is 4.79 Å². The van der Waals surface area contributed by atoms with Crippen molar-refractivity contribution in [2.24, 2.45) is 5.92 Å². The Bertz CT molecular complexity index is 597. The van der Waals surface area contributed by atoms with E-state index in [4.69, 9.17) is 4.42 Å². The normalized spacial score (nSPS) is 21.9. The maximum Gasteiger partial charge on any atom is 0.247 e. The molecule has 104 valence electrons. The molecule has 20 heavy (non-hydrogen) atoms. The van der Waals surface area contributed by atoms with Crippen LogP contribution in [0.3, 0.4) is 0 Å². The zero-order chi connectivity index (χ0) is 13.9. The topological polar surface area (TPSA) is 80.0 Å². The van der Waals surface area contributed by atoms with Crippen LogP contribution in [0.4, 0.5) is 5.69 Å². The van der Waals surface area contributed by atoms with E-state index in [2.05, 4.69) is 27.8 Å². The van der Waals surface area contributed by atoms with Gasteiger partial charge >= 0.3 is 0 Å². The Labute approximate surface area is 116 Å². The van der Waals surface area contributed by atoms with Gasteiger partial charge in [0.05, 0.1) is 6.04 Å². The van der Waals surface area contributed by atoms with Crippen LogP contribution in [-0.2, 0) is 4.79 Å². The first kappa shape index (κ1) is 12.8. The van der Waals surface area contributed by atoms with Crippen molar-refractivity contribution in [3.8, 4) is 11.5 Å². The van der Waals surface area contributed by atoms with Gasteiger partial charge in [-0.05, 0) is 37.1 Å². The standard InChI is InChI=1S/C14H16N4O2/c1-9-5-6-15-12(9)13(19)17-11-4-2-3-10(7-11)14-18-16-8-20-14/h2-4,7-9,12,15H,5-6H2,1H3,(H,17,19). The molecule has 0 radical (unpaired) electrons. The van der Waals surface area contributed by atoms with Crippen LogP contribution in [0.15, 0.2) is 35.1 Å². The monoisotopic (exact) mass is 272 g/mol. The summed E-state index contributed by atoms with van der Waals surface area (Å²) < 4.78 is 5.15. The number of carbonyl (C=O) groups excluding carboxylic acids is 1. The molecule has 2 atom stereocenters. The summed E-state index contributed by atoms with van der Waals surface area (Å²) in [5, 5.41) is 13.6. The first-order chi connectivity index (χ1) is 9.74. The maximum absolute atomic E-state index is 12.2. The average molecular weight is 272 g/mol. The molecule has 3 rings (SSSR count). The van der Waals surface area contributed by atoms with Gasteiger partial charge in [0.1, 0.15) is 0 Å². The van der Waals surface area contributed by atoms with Crippen LogP contribution in [0.25, 0.3) is 11.5 Å². The Morgan fingerprint density at radius 3 is 3.10 bits per heavy atom. The number of hydrogen-bond donors (Lipinski definition) is 2. The lowest BCUT2D eigenvalue weighted by molar-refractivity contribution is -0.118. The number of aromatic nitrogens is 2. The van der Waals surface area contributed by atoms with Crippen molar-refractivity contribution in [3.05, 3.63) is 30.7 Å². The number of rotatable bonds is 3. The largest absolute Gasteiger partial charge is 0.423 e. The van der Waals surface area contributed by atoms with Crippen LogP contribution >= 0.6 is 0 Å². The molecule has 0 saturated carbocycles. The van der Waals surface area contributed by atoms with E-state index in [0.717, 1.165) is 24.2 Å². The number of anilines is 1. The minimum atomic E-state index is -0.123. The highest BCUT2D eigenvalue weighted by atomic mass is 16.4. The molecule has 1 aliphatic heterocycles. The number of amides is 1. The quantitative estimate of drug-likeness (QED) is 0.888. The molecule has 1 saturated heterocycles. The van der Waals surface area contributed by atoms with Crippen molar-refractivity contribution in [2.45, 2.75) is 19.4 Å². The van der Waals surface area contributed by atoms with Crippen molar-refractivity contribution in [1.82, 2.24) is 15.5 Å². The molecule has 1 aromatic carbocycles. The van der Waals surface area contributed by atoms with Gasteiger partial charge in [0, 0.05) is 11.3 Å². The first-order valence-electron chi connectivity index (χ1n) is 6.65. The molecule has 0 bridgehead atoms. The van der Waals surface area contributed by atoms with E-state index in [1.807, 2.05) is 24.3 Å². The zero-order valence-electron chi connectivity index (χ0n) is 11.2. The van der Waals surface area contributed by atoms with E-state index in [0.29, 0.717) is 11.8 Å². The third-order valence-corrected chi connectivity index (χ3v) is 3.55. The van der Waals surface area contributed by atoms with Crippen LogP contribution in [0, 0.1) is 5.92 Å². The number of nitrogens with one attached hydrogen (secondary N) is 2. The molecule has 0 spiro atoms. The fourth-order valence-corrected chi connectivity index (χ4v) is 2.43. The number of carbonyl (C=O) groups is 1. The average Bonchev–Trinajstić information content (AvgIpc) is 3.09. The molecule has 0 aliphatic carbocycles. The second-order valence-electron chi connectivity index (χ2n) is 5.01. The van der Waals surface area contributed by atoms with Gasteiger partial charge < -0.3 is 15.1 Å². The smallest absolute Gasteiger partial charge is 0.247 e. The summed E-state index contributed by atoms with van der Waals surface area (Å²) in [6, 6.07) is 7.25. The highest BCUT2D eigenvalue weighted by Crippen LogP contribution is 2.21. The van der Waals surface area contributed by atoms with Crippen LogP contribution in [-0.4, -0.2) is 28.7 Å². The van der Waals surface area contributed by atoms with E-state index in [-0.39, 0.29) is 11.9 Å². The fourth-order valence-electron chi connectivity index (χ4n) is 2.43. The molecule has 2 unspecified atom stereocenters. The highest BCUT2D eigenvalue weighted by molar-refractivity contribution is 5.95. The fraction of sp³-hybridized carbons (Fsp3) is 0.357. The molecule has 1 aliphatic rings. The van der Waals surface area contributed by atoms with Crippen molar-refractivity contribution < 1.29 is 9.21 Å². The molecule has 2 N–H and O–H groups in total. The molecule has 1 aromatic heterocycles. The van der Waals surface area contributed by atoms with Gasteiger partial charge in [-0.25, -0.2) is 0 Å². The van der Waals surface area contributed by atoms with Crippen molar-refractivity contribution >= 4 is 11.6 Å². The second-order valence-corrected chi connectivity index (χ2v) is 5.01. The van der Waals surface area contributed by atoms with Crippen LogP contribution in [0.5, 0.6) is 0 Å².